The van der Waals surface area contributed by atoms with E-state index in [1.807, 2.05) is 19.1 Å². The molecule has 2 fully saturated rings. The van der Waals surface area contributed by atoms with E-state index in [4.69, 9.17) is 0 Å². The van der Waals surface area contributed by atoms with Crippen LogP contribution in [-0.4, -0.2) is 69.2 Å². The fourth-order valence-electron chi connectivity index (χ4n) is 7.35. The molecular formula is C35H43N9O. The average Bonchev–Trinajstić information content (AvgIpc) is 3.40. The second-order valence-corrected chi connectivity index (χ2v) is 12.6. The van der Waals surface area contributed by atoms with Gasteiger partial charge in [-0.05, 0) is 105 Å². The molecule has 3 aromatic rings. The van der Waals surface area contributed by atoms with Crippen LogP contribution in [0.1, 0.15) is 90.0 Å². The van der Waals surface area contributed by atoms with Crippen LogP contribution in [0.15, 0.2) is 55.3 Å². The molecule has 6 rings (SSSR count). The first-order valence-electron chi connectivity index (χ1n) is 16.2. The first-order valence-corrected chi connectivity index (χ1v) is 16.2. The Kier molecular flexibility index (Phi) is 8.47. The second kappa shape index (κ2) is 12.5. The van der Waals surface area contributed by atoms with E-state index >= 15 is 0 Å². The number of carbonyl (C=O) groups excluding carboxylic acids is 1. The van der Waals surface area contributed by atoms with E-state index in [9.17, 15) is 10.1 Å². The molecule has 0 radical (unpaired) electrons. The highest BCUT2D eigenvalue weighted by atomic mass is 16.1. The normalized spacial score (nSPS) is 21.2. The van der Waals surface area contributed by atoms with Gasteiger partial charge in [-0.1, -0.05) is 36.6 Å². The highest BCUT2D eigenvalue weighted by Crippen LogP contribution is 2.54. The Balaban J connectivity index is 1.45. The lowest BCUT2D eigenvalue weighted by atomic mass is 9.67. The number of hydrogen-bond acceptors (Lipinski definition) is 8. The molecule has 45 heavy (non-hydrogen) atoms. The number of benzene rings is 2. The summed E-state index contributed by atoms with van der Waals surface area (Å²) in [6.07, 6.45) is 6.18. The lowest BCUT2D eigenvalue weighted by Gasteiger charge is -2.38. The minimum atomic E-state index is -0.723. The number of nitriles is 1. The molecule has 2 aromatic carbocycles. The number of likely N-dealkylation sites (tertiary alicyclic amines) is 1. The number of rotatable bonds is 12. The maximum Gasteiger partial charge on any atom is 0.251 e. The van der Waals surface area contributed by atoms with Crippen molar-refractivity contribution in [2.75, 3.05) is 26.2 Å². The van der Waals surface area contributed by atoms with Crippen LogP contribution in [-0.2, 0) is 18.3 Å². The van der Waals surface area contributed by atoms with Gasteiger partial charge in [0.05, 0.1) is 11.5 Å². The Labute approximate surface area is 265 Å². The van der Waals surface area contributed by atoms with E-state index in [-0.39, 0.29) is 17.5 Å². The van der Waals surface area contributed by atoms with Crippen molar-refractivity contribution < 1.29 is 4.79 Å². The van der Waals surface area contributed by atoms with Gasteiger partial charge in [0.2, 0.25) is 0 Å². The van der Waals surface area contributed by atoms with Crippen molar-refractivity contribution >= 4 is 11.6 Å². The van der Waals surface area contributed by atoms with Crippen LogP contribution < -0.4 is 16.0 Å². The van der Waals surface area contributed by atoms with Crippen molar-refractivity contribution in [2.45, 2.75) is 75.8 Å². The Bertz CT molecular complexity index is 1560. The Morgan fingerprint density at radius 3 is 2.38 bits per heavy atom. The third kappa shape index (κ3) is 5.73. The third-order valence-corrected chi connectivity index (χ3v) is 9.79. The molecule has 10 heteroatoms. The molecule has 10 nitrogen and oxygen atoms in total. The van der Waals surface area contributed by atoms with Crippen LogP contribution in [0.2, 0.25) is 0 Å². The number of carbonyl (C=O) groups is 1. The minimum absolute atomic E-state index is 0.0760. The Morgan fingerprint density at radius 1 is 1.07 bits per heavy atom. The average molecular weight is 606 g/mol. The van der Waals surface area contributed by atoms with Crippen molar-refractivity contribution in [3.8, 4) is 6.07 Å². The molecule has 1 saturated heterocycles. The molecule has 1 aliphatic heterocycles. The number of nitrogens with zero attached hydrogens (tertiary/aromatic N) is 5. The van der Waals surface area contributed by atoms with Crippen molar-refractivity contribution in [3.05, 3.63) is 94.5 Å². The van der Waals surface area contributed by atoms with E-state index in [1.165, 1.54) is 5.56 Å². The van der Waals surface area contributed by atoms with Crippen molar-refractivity contribution in [1.82, 2.24) is 41.5 Å². The zero-order valence-corrected chi connectivity index (χ0v) is 26.4. The van der Waals surface area contributed by atoms with Gasteiger partial charge in [-0.25, -0.2) is 0 Å². The summed E-state index contributed by atoms with van der Waals surface area (Å²) in [6.45, 7) is 15.5. The molecule has 0 bridgehead atoms. The smallest absolute Gasteiger partial charge is 0.251 e. The number of amides is 1. The largest absolute Gasteiger partial charge is 0.385 e. The molecule has 2 aliphatic carbocycles. The Hall–Kier alpha value is -4.49. The summed E-state index contributed by atoms with van der Waals surface area (Å²) in [5.74, 6) is 0.541. The highest BCUT2D eigenvalue weighted by molar-refractivity contribution is 5.94. The molecule has 2 heterocycles. The molecule has 0 spiro atoms. The fraction of sp³-hybridized carbons (Fsp3) is 0.457. The monoisotopic (exact) mass is 605 g/mol. The van der Waals surface area contributed by atoms with Gasteiger partial charge in [0.15, 0.2) is 5.82 Å². The van der Waals surface area contributed by atoms with Gasteiger partial charge < -0.3 is 20.9 Å². The molecule has 4 N–H and O–H groups in total. The van der Waals surface area contributed by atoms with Crippen molar-refractivity contribution in [2.24, 2.45) is 0 Å². The van der Waals surface area contributed by atoms with Crippen LogP contribution in [0.4, 0.5) is 0 Å². The first-order chi connectivity index (χ1) is 21.8. The van der Waals surface area contributed by atoms with Crippen molar-refractivity contribution in [3.63, 3.8) is 0 Å². The number of nitrogens with one attached hydrogen (secondary N) is 4. The molecule has 1 amide bonds. The predicted molar refractivity (Wildman–Crippen MR) is 174 cm³/mol. The van der Waals surface area contributed by atoms with E-state index in [0.717, 1.165) is 85.3 Å². The number of fused-ring (bicyclic) bond motifs is 2. The predicted octanol–water partition coefficient (Wildman–Crippen LogP) is 3.98. The molecular weight excluding hydrogens is 562 g/mol. The van der Waals surface area contributed by atoms with E-state index in [2.05, 4.69) is 91.9 Å². The number of aromatic amines is 1. The lowest BCUT2D eigenvalue weighted by Crippen LogP contribution is -2.45. The van der Waals surface area contributed by atoms with Gasteiger partial charge >= 0.3 is 0 Å². The summed E-state index contributed by atoms with van der Waals surface area (Å²) < 4.78 is 0. The van der Waals surface area contributed by atoms with Crippen LogP contribution in [0.25, 0.3) is 5.70 Å². The van der Waals surface area contributed by atoms with Crippen LogP contribution in [0, 0.1) is 11.3 Å². The zero-order valence-electron chi connectivity index (χ0n) is 26.4. The van der Waals surface area contributed by atoms with Crippen molar-refractivity contribution in [1.29, 1.82) is 5.26 Å². The lowest BCUT2D eigenvalue weighted by molar-refractivity contribution is 0.0955. The highest BCUT2D eigenvalue weighted by Gasteiger charge is 2.54. The standard InChI is InChI=1S/C35H43N9O/c1-5-37-24(4)25-11-13-30-26(18-25)9-10-27-19-28(32(45)38-6-2)12-14-31(27)35(30,33-40-42-43-41-33)22-34(15-16-34)39-21-23(3)44-17-7-8-29(44)20-36/h11-14,18-19,29,37,39H,3-10,15-17,21-22H2,1-2H3,(H,38,45)(H,40,41,42,43). The second-order valence-electron chi connectivity index (χ2n) is 12.6. The van der Waals surface area contributed by atoms with Crippen LogP contribution in [0.3, 0.4) is 0 Å². The zero-order chi connectivity index (χ0) is 31.6. The van der Waals surface area contributed by atoms with E-state index in [0.29, 0.717) is 30.9 Å². The number of aromatic nitrogens is 4. The molecule has 234 valence electrons. The van der Waals surface area contributed by atoms with E-state index in [1.54, 1.807) is 0 Å². The van der Waals surface area contributed by atoms with Gasteiger partial charge in [0.25, 0.3) is 5.91 Å². The topological polar surface area (TPSA) is 135 Å². The summed E-state index contributed by atoms with van der Waals surface area (Å²) in [6, 6.07) is 15.0. The quantitative estimate of drug-likeness (QED) is 0.244. The molecule has 1 saturated carbocycles. The van der Waals surface area contributed by atoms with Gasteiger partial charge in [-0.3, -0.25) is 4.79 Å². The van der Waals surface area contributed by atoms with Gasteiger partial charge in [-0.15, -0.1) is 10.2 Å². The summed E-state index contributed by atoms with van der Waals surface area (Å²) in [4.78, 5) is 15.1. The molecule has 3 aliphatic rings. The number of tetrazole rings is 1. The molecule has 2 unspecified atom stereocenters. The number of hydrogen-bond donors (Lipinski definition) is 4. The molecule has 2 atom stereocenters. The first kappa shape index (κ1) is 30.5. The minimum Gasteiger partial charge on any atom is -0.385 e. The summed E-state index contributed by atoms with van der Waals surface area (Å²) in [5.41, 5.74) is 7.22. The van der Waals surface area contributed by atoms with Crippen LogP contribution in [0.5, 0.6) is 0 Å². The SMILES string of the molecule is C=C(NCC)c1ccc2c(c1)CCc1cc(C(=O)NCC)ccc1C2(CC1(NCC(=C)N2CCCC2C#N)CC1)c1nn[nH]n1. The maximum atomic E-state index is 12.9. The third-order valence-electron chi connectivity index (χ3n) is 9.79. The van der Waals surface area contributed by atoms with Gasteiger partial charge in [0.1, 0.15) is 6.04 Å². The summed E-state index contributed by atoms with van der Waals surface area (Å²) >= 11 is 0. The fourth-order valence-corrected chi connectivity index (χ4v) is 7.35. The van der Waals surface area contributed by atoms with Gasteiger partial charge in [-0.2, -0.15) is 10.5 Å². The maximum absolute atomic E-state index is 12.9. The molecule has 1 aromatic heterocycles. The summed E-state index contributed by atoms with van der Waals surface area (Å²) in [5, 5.41) is 36.0. The summed E-state index contributed by atoms with van der Waals surface area (Å²) in [7, 11) is 0. The Morgan fingerprint density at radius 2 is 1.76 bits per heavy atom. The van der Waals surface area contributed by atoms with Gasteiger partial charge in [0, 0.05) is 48.7 Å². The number of H-pyrrole nitrogens is 1. The van der Waals surface area contributed by atoms with E-state index < -0.39 is 5.41 Å². The van der Waals surface area contributed by atoms with Crippen LogP contribution >= 0.6 is 0 Å². The number of aryl methyl sites for hydroxylation is 2.